The molecule has 2 heterocycles. The summed E-state index contributed by atoms with van der Waals surface area (Å²) < 4.78 is 11.0. The average Bonchev–Trinajstić information content (AvgIpc) is 2.72. The van der Waals surface area contributed by atoms with Gasteiger partial charge < -0.3 is 19.7 Å². The Morgan fingerprint density at radius 3 is 2.41 bits per heavy atom. The van der Waals surface area contributed by atoms with E-state index in [0.29, 0.717) is 19.6 Å². The SMILES string of the molecule is CC(C)(C)OC(=O)N1CCCC(C(=O)NCC2(N3CCOCC3)CCCCC2)C1. The number of likely N-dealkylation sites (tertiary alicyclic amines) is 1. The molecule has 0 aromatic heterocycles. The second-order valence-corrected chi connectivity index (χ2v) is 9.87. The van der Waals surface area contributed by atoms with Crippen molar-refractivity contribution < 1.29 is 19.1 Å². The second-order valence-electron chi connectivity index (χ2n) is 9.87. The number of nitrogens with zero attached hydrogens (tertiary/aromatic N) is 2. The van der Waals surface area contributed by atoms with Gasteiger partial charge in [0.15, 0.2) is 0 Å². The van der Waals surface area contributed by atoms with Crippen LogP contribution in [0.5, 0.6) is 0 Å². The summed E-state index contributed by atoms with van der Waals surface area (Å²) in [6.07, 6.45) is 7.37. The zero-order valence-corrected chi connectivity index (χ0v) is 18.5. The number of morpholine rings is 1. The van der Waals surface area contributed by atoms with Gasteiger partial charge >= 0.3 is 6.09 Å². The number of amides is 2. The quantitative estimate of drug-likeness (QED) is 0.773. The van der Waals surface area contributed by atoms with Crippen LogP contribution in [0.2, 0.25) is 0 Å². The number of hydrogen-bond donors (Lipinski definition) is 1. The Balaban J connectivity index is 1.56. The lowest BCUT2D eigenvalue weighted by atomic mass is 9.79. The Labute approximate surface area is 175 Å². The number of hydrogen-bond acceptors (Lipinski definition) is 5. The molecule has 166 valence electrons. The molecule has 3 aliphatic rings. The van der Waals surface area contributed by atoms with Crippen LogP contribution in [-0.4, -0.2) is 78.9 Å². The van der Waals surface area contributed by atoms with E-state index in [1.807, 2.05) is 20.8 Å². The summed E-state index contributed by atoms with van der Waals surface area (Å²) >= 11 is 0. The molecule has 2 amide bonds. The van der Waals surface area contributed by atoms with E-state index in [0.717, 1.165) is 52.0 Å². The van der Waals surface area contributed by atoms with E-state index in [4.69, 9.17) is 9.47 Å². The van der Waals surface area contributed by atoms with E-state index in [1.54, 1.807) is 4.90 Å². The van der Waals surface area contributed by atoms with Gasteiger partial charge in [0.05, 0.1) is 19.1 Å². The third kappa shape index (κ3) is 6.07. The largest absolute Gasteiger partial charge is 0.444 e. The topological polar surface area (TPSA) is 71.1 Å². The second kappa shape index (κ2) is 9.65. The maximum Gasteiger partial charge on any atom is 0.410 e. The molecule has 1 atom stereocenters. The van der Waals surface area contributed by atoms with Crippen molar-refractivity contribution in [3.05, 3.63) is 0 Å². The summed E-state index contributed by atoms with van der Waals surface area (Å²) in [5.41, 5.74) is -0.449. The molecule has 1 N–H and O–H groups in total. The molecule has 0 bridgehead atoms. The first-order valence-corrected chi connectivity index (χ1v) is 11.4. The minimum Gasteiger partial charge on any atom is -0.444 e. The van der Waals surface area contributed by atoms with Crippen LogP contribution in [0.4, 0.5) is 4.79 Å². The van der Waals surface area contributed by atoms with Crippen molar-refractivity contribution in [3.8, 4) is 0 Å². The fourth-order valence-electron chi connectivity index (χ4n) is 4.93. The van der Waals surface area contributed by atoms with E-state index >= 15 is 0 Å². The lowest BCUT2D eigenvalue weighted by Crippen LogP contribution is -2.60. The van der Waals surface area contributed by atoms with Crippen LogP contribution in [0, 0.1) is 5.92 Å². The van der Waals surface area contributed by atoms with Gasteiger partial charge in [-0.25, -0.2) is 4.79 Å². The first-order chi connectivity index (χ1) is 13.8. The molecule has 1 saturated carbocycles. The van der Waals surface area contributed by atoms with Crippen molar-refractivity contribution in [3.63, 3.8) is 0 Å². The number of piperidine rings is 1. The van der Waals surface area contributed by atoms with Crippen molar-refractivity contribution in [1.82, 2.24) is 15.1 Å². The lowest BCUT2D eigenvalue weighted by Gasteiger charge is -2.48. The molecular weight excluding hydrogens is 370 g/mol. The number of carbonyl (C=O) groups is 2. The van der Waals surface area contributed by atoms with Crippen LogP contribution in [0.25, 0.3) is 0 Å². The van der Waals surface area contributed by atoms with Crippen molar-refractivity contribution >= 4 is 12.0 Å². The van der Waals surface area contributed by atoms with Crippen LogP contribution in [-0.2, 0) is 14.3 Å². The molecule has 1 aliphatic carbocycles. The fourth-order valence-corrected chi connectivity index (χ4v) is 4.93. The molecule has 0 aromatic carbocycles. The van der Waals surface area contributed by atoms with Crippen molar-refractivity contribution in [1.29, 1.82) is 0 Å². The van der Waals surface area contributed by atoms with E-state index in [2.05, 4.69) is 10.2 Å². The Bertz CT molecular complexity index is 563. The number of carbonyl (C=O) groups excluding carboxylic acids is 2. The predicted molar refractivity (Wildman–Crippen MR) is 112 cm³/mol. The first kappa shape index (κ1) is 22.3. The molecule has 0 radical (unpaired) electrons. The van der Waals surface area contributed by atoms with Gasteiger partial charge in [-0.05, 0) is 46.5 Å². The molecule has 29 heavy (non-hydrogen) atoms. The molecule has 2 saturated heterocycles. The van der Waals surface area contributed by atoms with Gasteiger partial charge in [0, 0.05) is 38.3 Å². The Hall–Kier alpha value is -1.34. The van der Waals surface area contributed by atoms with Gasteiger partial charge in [-0.1, -0.05) is 19.3 Å². The summed E-state index contributed by atoms with van der Waals surface area (Å²) in [7, 11) is 0. The maximum absolute atomic E-state index is 13.0. The van der Waals surface area contributed by atoms with E-state index in [-0.39, 0.29) is 23.5 Å². The van der Waals surface area contributed by atoms with E-state index < -0.39 is 5.60 Å². The summed E-state index contributed by atoms with van der Waals surface area (Å²) in [4.78, 5) is 29.6. The third-order valence-electron chi connectivity index (χ3n) is 6.50. The van der Waals surface area contributed by atoms with Crippen LogP contribution in [0.15, 0.2) is 0 Å². The van der Waals surface area contributed by atoms with Crippen LogP contribution in [0.3, 0.4) is 0 Å². The lowest BCUT2D eigenvalue weighted by molar-refractivity contribution is -0.127. The van der Waals surface area contributed by atoms with Gasteiger partial charge in [0.2, 0.25) is 5.91 Å². The zero-order chi connectivity index (χ0) is 20.9. The zero-order valence-electron chi connectivity index (χ0n) is 18.5. The number of ether oxygens (including phenoxy) is 2. The standard InChI is InChI=1S/C22H39N3O4/c1-21(2,3)29-20(27)24-11-7-8-18(16-24)19(26)23-17-22(9-5-4-6-10-22)25-12-14-28-15-13-25/h18H,4-17H2,1-3H3,(H,23,26). The third-order valence-corrected chi connectivity index (χ3v) is 6.50. The molecule has 3 fully saturated rings. The molecule has 0 spiro atoms. The summed E-state index contributed by atoms with van der Waals surface area (Å²) in [5, 5.41) is 3.27. The molecular formula is C22H39N3O4. The highest BCUT2D eigenvalue weighted by molar-refractivity contribution is 5.80. The maximum atomic E-state index is 13.0. The fraction of sp³-hybridized carbons (Fsp3) is 0.909. The highest BCUT2D eigenvalue weighted by atomic mass is 16.6. The van der Waals surface area contributed by atoms with E-state index in [1.165, 1.54) is 19.3 Å². The minimum atomic E-state index is -0.516. The van der Waals surface area contributed by atoms with Crippen LogP contribution < -0.4 is 5.32 Å². The monoisotopic (exact) mass is 409 g/mol. The van der Waals surface area contributed by atoms with Crippen molar-refractivity contribution in [2.24, 2.45) is 5.92 Å². The first-order valence-electron chi connectivity index (χ1n) is 11.4. The highest BCUT2D eigenvalue weighted by Gasteiger charge is 2.39. The van der Waals surface area contributed by atoms with Crippen molar-refractivity contribution in [2.75, 3.05) is 45.9 Å². The Kier molecular flexibility index (Phi) is 7.43. The van der Waals surface area contributed by atoms with Gasteiger partial charge in [-0.2, -0.15) is 0 Å². The smallest absolute Gasteiger partial charge is 0.410 e. The Morgan fingerprint density at radius 1 is 1.07 bits per heavy atom. The van der Waals surface area contributed by atoms with E-state index in [9.17, 15) is 9.59 Å². The van der Waals surface area contributed by atoms with Crippen molar-refractivity contribution in [2.45, 2.75) is 76.9 Å². The highest BCUT2D eigenvalue weighted by Crippen LogP contribution is 2.34. The van der Waals surface area contributed by atoms with Gasteiger partial charge in [0.25, 0.3) is 0 Å². The van der Waals surface area contributed by atoms with Crippen LogP contribution >= 0.6 is 0 Å². The average molecular weight is 410 g/mol. The van der Waals surface area contributed by atoms with Crippen LogP contribution in [0.1, 0.15) is 65.7 Å². The molecule has 3 rings (SSSR count). The van der Waals surface area contributed by atoms with Gasteiger partial charge in [0.1, 0.15) is 5.60 Å². The molecule has 0 aromatic rings. The molecule has 2 aliphatic heterocycles. The minimum absolute atomic E-state index is 0.0667. The number of rotatable bonds is 4. The normalized spacial score (nSPS) is 26.0. The van der Waals surface area contributed by atoms with Gasteiger partial charge in [-0.3, -0.25) is 9.69 Å². The predicted octanol–water partition coefficient (Wildman–Crippen LogP) is 2.78. The summed E-state index contributed by atoms with van der Waals surface area (Å²) in [6.45, 7) is 10.9. The summed E-state index contributed by atoms with van der Waals surface area (Å²) in [6, 6.07) is 0. The summed E-state index contributed by atoms with van der Waals surface area (Å²) in [5.74, 6) is -0.0712. The number of nitrogens with one attached hydrogen (secondary N) is 1. The molecule has 1 unspecified atom stereocenters. The Morgan fingerprint density at radius 2 is 1.76 bits per heavy atom. The van der Waals surface area contributed by atoms with Gasteiger partial charge in [-0.15, -0.1) is 0 Å². The molecule has 7 nitrogen and oxygen atoms in total. The molecule has 7 heteroatoms.